The molecule has 1 heterocycles. The van der Waals surface area contributed by atoms with Crippen molar-refractivity contribution >= 4 is 15.7 Å². The Labute approximate surface area is 157 Å². The van der Waals surface area contributed by atoms with Crippen LogP contribution in [0.1, 0.15) is 32.2 Å². The van der Waals surface area contributed by atoms with E-state index in [0.29, 0.717) is 11.4 Å². The van der Waals surface area contributed by atoms with E-state index in [1.807, 2.05) is 20.8 Å². The monoisotopic (exact) mass is 403 g/mol. The highest BCUT2D eigenvalue weighted by Gasteiger charge is 2.28. The van der Waals surface area contributed by atoms with Crippen LogP contribution in [0.5, 0.6) is 11.5 Å². The molecule has 0 amide bonds. The molecule has 150 valence electrons. The number of nitrogens with one attached hydrogen (secondary N) is 1. The zero-order valence-corrected chi connectivity index (χ0v) is 16.8. The van der Waals surface area contributed by atoms with E-state index >= 15 is 0 Å². The van der Waals surface area contributed by atoms with Gasteiger partial charge in [0, 0.05) is 6.07 Å². The number of hydrogen-bond donors (Lipinski definition) is 1. The molecule has 0 unspecified atom stereocenters. The Morgan fingerprint density at radius 1 is 1.19 bits per heavy atom. The molecule has 0 fully saturated rings. The van der Waals surface area contributed by atoms with Crippen LogP contribution in [0.3, 0.4) is 0 Å². The number of rotatable bonds is 6. The van der Waals surface area contributed by atoms with Crippen molar-refractivity contribution in [1.29, 1.82) is 0 Å². The van der Waals surface area contributed by atoms with Crippen LogP contribution in [0.15, 0.2) is 23.1 Å². The summed E-state index contributed by atoms with van der Waals surface area (Å²) in [6.45, 7) is 5.93. The van der Waals surface area contributed by atoms with E-state index in [0.717, 1.165) is 6.07 Å². The molecule has 0 aliphatic carbocycles. The molecule has 2 rings (SSSR count). The Balaban J connectivity index is 2.44. The normalized spacial score (nSPS) is 12.3. The van der Waals surface area contributed by atoms with Gasteiger partial charge in [-0.05, 0) is 46.8 Å². The van der Waals surface area contributed by atoms with E-state index in [1.165, 1.54) is 19.2 Å². The average Bonchev–Trinajstić information content (AvgIpc) is 2.82. The fourth-order valence-corrected chi connectivity index (χ4v) is 4.25. The molecule has 1 aromatic carbocycles. The van der Waals surface area contributed by atoms with Crippen LogP contribution in [-0.4, -0.2) is 31.9 Å². The van der Waals surface area contributed by atoms with Crippen LogP contribution in [0.2, 0.25) is 0 Å². The lowest BCUT2D eigenvalue weighted by Crippen LogP contribution is -2.25. The summed E-state index contributed by atoms with van der Waals surface area (Å²) in [5.74, 6) is -0.210. The fraction of sp³-hybridized carbons (Fsp3) is 0.471. The van der Waals surface area contributed by atoms with E-state index in [1.54, 1.807) is 18.5 Å². The number of aromatic nitrogens is 2. The zero-order chi connectivity index (χ0) is 20.6. The second kappa shape index (κ2) is 7.34. The van der Waals surface area contributed by atoms with Crippen LogP contribution in [0.25, 0.3) is 0 Å². The van der Waals surface area contributed by atoms with Gasteiger partial charge < -0.3 is 9.47 Å². The summed E-state index contributed by atoms with van der Waals surface area (Å²) in [4.78, 5) is 0.0459. The van der Waals surface area contributed by atoms with Crippen molar-refractivity contribution in [3.8, 4) is 11.5 Å². The third-order valence-corrected chi connectivity index (χ3v) is 5.39. The van der Waals surface area contributed by atoms with Crippen molar-refractivity contribution < 1.29 is 26.7 Å². The van der Waals surface area contributed by atoms with Crippen LogP contribution in [0.4, 0.5) is 14.5 Å². The maximum atomic E-state index is 12.9. The molecule has 7 nitrogen and oxygen atoms in total. The Bertz CT molecular complexity index is 934. The van der Waals surface area contributed by atoms with Gasteiger partial charge in [-0.3, -0.25) is 9.40 Å². The van der Waals surface area contributed by atoms with Gasteiger partial charge in [0.05, 0.1) is 29.7 Å². The number of aryl methyl sites for hydroxylation is 1. The van der Waals surface area contributed by atoms with Crippen molar-refractivity contribution in [3.05, 3.63) is 29.6 Å². The maximum absolute atomic E-state index is 12.9. The predicted molar refractivity (Wildman–Crippen MR) is 97.1 cm³/mol. The second-order valence-electron chi connectivity index (χ2n) is 6.93. The van der Waals surface area contributed by atoms with Crippen molar-refractivity contribution in [2.24, 2.45) is 0 Å². The number of sulfonamides is 1. The number of benzene rings is 1. The number of ether oxygens (including phenoxy) is 2. The Morgan fingerprint density at radius 2 is 1.81 bits per heavy atom. The minimum atomic E-state index is -4.00. The molecular weight excluding hydrogens is 380 g/mol. The van der Waals surface area contributed by atoms with Crippen molar-refractivity contribution in [1.82, 2.24) is 9.78 Å². The largest absolute Gasteiger partial charge is 0.493 e. The molecule has 0 atom stereocenters. The Kier molecular flexibility index (Phi) is 5.69. The van der Waals surface area contributed by atoms with E-state index < -0.39 is 22.2 Å². The molecule has 0 aliphatic rings. The van der Waals surface area contributed by atoms with Gasteiger partial charge in [0.15, 0.2) is 11.5 Å². The van der Waals surface area contributed by atoms with Gasteiger partial charge in [0.2, 0.25) is 0 Å². The molecule has 0 radical (unpaired) electrons. The molecule has 0 saturated heterocycles. The van der Waals surface area contributed by atoms with Gasteiger partial charge in [-0.15, -0.1) is 0 Å². The van der Waals surface area contributed by atoms with Gasteiger partial charge in [0.1, 0.15) is 4.90 Å². The number of halogens is 2. The molecular formula is C17H23F2N3O4S. The summed E-state index contributed by atoms with van der Waals surface area (Å²) in [5, 5.41) is 4.33. The summed E-state index contributed by atoms with van der Waals surface area (Å²) in [5.41, 5.74) is 0.479. The lowest BCUT2D eigenvalue weighted by atomic mass is 10.1. The number of anilines is 1. The topological polar surface area (TPSA) is 82.5 Å². The van der Waals surface area contributed by atoms with Crippen LogP contribution < -0.4 is 14.2 Å². The lowest BCUT2D eigenvalue weighted by Gasteiger charge is -2.21. The molecule has 0 aliphatic heterocycles. The Morgan fingerprint density at radius 3 is 2.30 bits per heavy atom. The highest BCUT2D eigenvalue weighted by atomic mass is 32.2. The molecule has 1 aromatic heterocycles. The van der Waals surface area contributed by atoms with Crippen LogP contribution in [0, 0.1) is 13.8 Å². The second-order valence-corrected chi connectivity index (χ2v) is 8.55. The third kappa shape index (κ3) is 4.49. The van der Waals surface area contributed by atoms with Crippen LogP contribution in [-0.2, 0) is 15.6 Å². The minimum absolute atomic E-state index is 0.0459. The maximum Gasteiger partial charge on any atom is 0.387 e. The van der Waals surface area contributed by atoms with E-state index in [9.17, 15) is 17.2 Å². The first-order valence-electron chi connectivity index (χ1n) is 8.09. The summed E-state index contributed by atoms with van der Waals surface area (Å²) in [6, 6.07) is 3.88. The summed E-state index contributed by atoms with van der Waals surface area (Å²) in [6.07, 6.45) is 0. The van der Waals surface area contributed by atoms with Gasteiger partial charge in [-0.25, -0.2) is 8.42 Å². The molecule has 10 heteroatoms. The first-order chi connectivity index (χ1) is 12.4. The summed E-state index contributed by atoms with van der Waals surface area (Å²) in [7, 11) is -2.70. The summed E-state index contributed by atoms with van der Waals surface area (Å²) < 4.78 is 64.3. The van der Waals surface area contributed by atoms with E-state index in [4.69, 9.17) is 4.74 Å². The molecule has 0 bridgehead atoms. The van der Waals surface area contributed by atoms with Crippen LogP contribution >= 0.6 is 0 Å². The van der Waals surface area contributed by atoms with E-state index in [2.05, 4.69) is 14.6 Å². The highest BCUT2D eigenvalue weighted by molar-refractivity contribution is 7.92. The lowest BCUT2D eigenvalue weighted by molar-refractivity contribution is -0.0511. The van der Waals surface area contributed by atoms with Crippen molar-refractivity contribution in [2.75, 3.05) is 11.8 Å². The highest BCUT2D eigenvalue weighted by Crippen LogP contribution is 2.33. The summed E-state index contributed by atoms with van der Waals surface area (Å²) >= 11 is 0. The predicted octanol–water partition coefficient (Wildman–Crippen LogP) is 3.67. The number of alkyl halides is 2. The van der Waals surface area contributed by atoms with E-state index in [-0.39, 0.29) is 22.1 Å². The number of nitrogens with zero attached hydrogens (tertiary/aromatic N) is 2. The first-order valence-corrected chi connectivity index (χ1v) is 9.57. The number of methoxy groups -OCH3 is 1. The smallest absolute Gasteiger partial charge is 0.387 e. The SMILES string of the molecule is COc1ccc(NS(=O)(=O)c2c(C)nn(C(C)(C)C)c2C)cc1OC(F)F. The molecule has 2 aromatic rings. The van der Waals surface area contributed by atoms with Crippen molar-refractivity contribution in [3.63, 3.8) is 0 Å². The standard InChI is InChI=1S/C17H23F2N3O4S/c1-10-15(11(2)22(20-10)17(3,4)5)27(23,24)21-12-7-8-13(25-6)14(9-12)26-16(18)19/h7-9,16,21H,1-6H3. The first kappa shape index (κ1) is 20.9. The molecule has 27 heavy (non-hydrogen) atoms. The average molecular weight is 403 g/mol. The van der Waals surface area contributed by atoms with Gasteiger partial charge in [-0.2, -0.15) is 13.9 Å². The number of hydrogen-bond acceptors (Lipinski definition) is 5. The minimum Gasteiger partial charge on any atom is -0.493 e. The third-order valence-electron chi connectivity index (χ3n) is 3.76. The van der Waals surface area contributed by atoms with Gasteiger partial charge in [0.25, 0.3) is 10.0 Å². The van der Waals surface area contributed by atoms with Crippen molar-refractivity contribution in [2.45, 2.75) is 51.7 Å². The molecule has 0 saturated carbocycles. The van der Waals surface area contributed by atoms with Gasteiger partial charge in [-0.1, -0.05) is 0 Å². The fourth-order valence-electron chi connectivity index (χ4n) is 2.80. The Hall–Kier alpha value is -2.36. The van der Waals surface area contributed by atoms with Gasteiger partial charge >= 0.3 is 6.61 Å². The zero-order valence-electron chi connectivity index (χ0n) is 16.0. The molecule has 1 N–H and O–H groups in total. The molecule has 0 spiro atoms. The quantitative estimate of drug-likeness (QED) is 0.796.